The predicted molar refractivity (Wildman–Crippen MR) is 154 cm³/mol. The first-order valence-electron chi connectivity index (χ1n) is 12.4. The van der Waals surface area contributed by atoms with Crippen molar-refractivity contribution in [3.63, 3.8) is 0 Å². The Morgan fingerprint density at radius 1 is 1.14 bits per heavy atom. The fraction of sp³-hybridized carbons (Fsp3) is 0.321. The molecule has 0 unspecified atom stereocenters. The number of nitrogens with zero attached hydrogens (tertiary/aromatic N) is 2. The molecule has 0 bridgehead atoms. The van der Waals surface area contributed by atoms with E-state index < -0.39 is 0 Å². The van der Waals surface area contributed by atoms with Crippen molar-refractivity contribution >= 4 is 61.7 Å². The molecule has 4 aromatic rings. The lowest BCUT2D eigenvalue weighted by molar-refractivity contribution is -0.116. The van der Waals surface area contributed by atoms with Crippen LogP contribution in [-0.2, 0) is 22.5 Å². The molecule has 2 aromatic carbocycles. The summed E-state index contributed by atoms with van der Waals surface area (Å²) in [5.74, 6) is 0.893. The molecule has 1 aliphatic rings. The molecule has 1 N–H and O–H groups in total. The van der Waals surface area contributed by atoms with Crippen molar-refractivity contribution in [2.24, 2.45) is 0 Å². The number of benzene rings is 2. The van der Waals surface area contributed by atoms with Crippen LogP contribution in [0.25, 0.3) is 20.8 Å². The van der Waals surface area contributed by atoms with Gasteiger partial charge in [-0.15, -0.1) is 34.4 Å². The van der Waals surface area contributed by atoms with Crippen molar-refractivity contribution in [1.29, 1.82) is 0 Å². The van der Waals surface area contributed by atoms with Crippen LogP contribution in [0.5, 0.6) is 0 Å². The predicted octanol–water partition coefficient (Wildman–Crippen LogP) is 7.36. The molecule has 3 heterocycles. The SMILES string of the molecule is CCOC(=O)N1CCc2c(sc(NC(=O)CCCSc3ccc(C)cc3)c2-c2nc3ccccc3s2)C1. The molecule has 2 aromatic heterocycles. The topological polar surface area (TPSA) is 71.5 Å². The molecule has 1 aliphatic heterocycles. The van der Waals surface area contributed by atoms with E-state index in [2.05, 4.69) is 42.6 Å². The first-order chi connectivity index (χ1) is 18.0. The van der Waals surface area contributed by atoms with Gasteiger partial charge in [0.05, 0.1) is 23.4 Å². The summed E-state index contributed by atoms with van der Waals surface area (Å²) in [5.41, 5.74) is 4.38. The van der Waals surface area contributed by atoms with Crippen molar-refractivity contribution in [2.75, 3.05) is 24.2 Å². The third-order valence-corrected chi connectivity index (χ3v) is 9.47. The Hall–Kier alpha value is -2.88. The molecule has 37 heavy (non-hydrogen) atoms. The van der Waals surface area contributed by atoms with Crippen molar-refractivity contribution in [3.05, 3.63) is 64.5 Å². The summed E-state index contributed by atoms with van der Waals surface area (Å²) < 4.78 is 6.34. The van der Waals surface area contributed by atoms with Crippen molar-refractivity contribution in [1.82, 2.24) is 9.88 Å². The minimum absolute atomic E-state index is 0.00714. The van der Waals surface area contributed by atoms with Crippen LogP contribution < -0.4 is 5.32 Å². The number of thiazole rings is 1. The van der Waals surface area contributed by atoms with E-state index in [1.54, 1.807) is 39.3 Å². The van der Waals surface area contributed by atoms with Gasteiger partial charge in [-0.3, -0.25) is 4.79 Å². The van der Waals surface area contributed by atoms with E-state index in [1.807, 2.05) is 25.1 Å². The fourth-order valence-corrected chi connectivity index (χ4v) is 7.56. The zero-order valence-corrected chi connectivity index (χ0v) is 23.4. The van der Waals surface area contributed by atoms with Gasteiger partial charge in [0.15, 0.2) is 0 Å². The highest BCUT2D eigenvalue weighted by Crippen LogP contribution is 2.45. The number of rotatable bonds is 8. The maximum atomic E-state index is 13.0. The van der Waals surface area contributed by atoms with Crippen molar-refractivity contribution in [3.8, 4) is 10.6 Å². The van der Waals surface area contributed by atoms with E-state index in [0.29, 0.717) is 32.5 Å². The standard InChI is InChI=1S/C28H29N3O3S3/c1-3-34-28(33)31-15-14-20-23(17-31)37-27(25(20)26-29-21-7-4-5-8-22(21)36-26)30-24(32)9-6-16-35-19-12-10-18(2)11-13-19/h4-5,7-8,10-13H,3,6,9,14-17H2,1-2H3,(H,30,32). The number of aryl methyl sites for hydroxylation is 1. The average molecular weight is 552 g/mol. The van der Waals surface area contributed by atoms with E-state index in [-0.39, 0.29) is 12.0 Å². The molecule has 0 aliphatic carbocycles. The quantitative estimate of drug-likeness (QED) is 0.183. The van der Waals surface area contributed by atoms with Crippen LogP contribution in [0.15, 0.2) is 53.4 Å². The summed E-state index contributed by atoms with van der Waals surface area (Å²) in [6, 6.07) is 16.6. The number of thiophene rings is 1. The van der Waals surface area contributed by atoms with Crippen LogP contribution in [0.1, 0.15) is 35.8 Å². The number of carbonyl (C=O) groups excluding carboxylic acids is 2. The van der Waals surface area contributed by atoms with Crippen molar-refractivity contribution in [2.45, 2.75) is 44.6 Å². The van der Waals surface area contributed by atoms with E-state index in [1.165, 1.54) is 16.0 Å². The van der Waals surface area contributed by atoms with Gasteiger partial charge >= 0.3 is 6.09 Å². The number of para-hydroxylation sites is 1. The molecular formula is C28H29N3O3S3. The van der Waals surface area contributed by atoms with Gasteiger partial charge in [-0.05, 0) is 62.3 Å². The third kappa shape index (κ3) is 6.00. The van der Waals surface area contributed by atoms with E-state index in [0.717, 1.165) is 42.8 Å². The van der Waals surface area contributed by atoms with Gasteiger partial charge in [-0.25, -0.2) is 9.78 Å². The first kappa shape index (κ1) is 25.8. The number of anilines is 1. The monoisotopic (exact) mass is 551 g/mol. The molecule has 9 heteroatoms. The number of aromatic nitrogens is 1. The van der Waals surface area contributed by atoms with Crippen LogP contribution in [-0.4, -0.2) is 40.8 Å². The number of nitrogens with one attached hydrogen (secondary N) is 1. The first-order valence-corrected chi connectivity index (χ1v) is 15.0. The van der Waals surface area contributed by atoms with E-state index >= 15 is 0 Å². The second-order valence-electron chi connectivity index (χ2n) is 8.88. The number of ether oxygens (including phenoxy) is 1. The van der Waals surface area contributed by atoms with Gasteiger partial charge in [0.2, 0.25) is 5.91 Å². The molecule has 0 saturated carbocycles. The molecule has 2 amide bonds. The smallest absolute Gasteiger partial charge is 0.410 e. The van der Waals surface area contributed by atoms with Gasteiger partial charge in [0.1, 0.15) is 10.0 Å². The zero-order chi connectivity index (χ0) is 25.8. The molecule has 5 rings (SSSR count). The van der Waals surface area contributed by atoms with Crippen LogP contribution in [0.3, 0.4) is 0 Å². The highest BCUT2D eigenvalue weighted by Gasteiger charge is 2.30. The lowest BCUT2D eigenvalue weighted by Gasteiger charge is -2.26. The maximum absolute atomic E-state index is 13.0. The van der Waals surface area contributed by atoms with Gasteiger partial charge in [-0.2, -0.15) is 0 Å². The number of thioether (sulfide) groups is 1. The zero-order valence-electron chi connectivity index (χ0n) is 20.9. The minimum Gasteiger partial charge on any atom is -0.450 e. The summed E-state index contributed by atoms with van der Waals surface area (Å²) in [6.07, 6.45) is 1.66. The second-order valence-corrected chi connectivity index (χ2v) is 12.2. The Morgan fingerprint density at radius 3 is 2.73 bits per heavy atom. The van der Waals surface area contributed by atoms with Gasteiger partial charge in [0, 0.05) is 28.3 Å². The Balaban J connectivity index is 1.33. The highest BCUT2D eigenvalue weighted by atomic mass is 32.2. The summed E-state index contributed by atoms with van der Waals surface area (Å²) in [5, 5.41) is 4.92. The van der Waals surface area contributed by atoms with Crippen molar-refractivity contribution < 1.29 is 14.3 Å². The summed E-state index contributed by atoms with van der Waals surface area (Å²) in [6.45, 7) is 5.33. The summed E-state index contributed by atoms with van der Waals surface area (Å²) in [7, 11) is 0. The third-order valence-electron chi connectivity index (χ3n) is 6.18. The Bertz CT molecular complexity index is 1380. The lowest BCUT2D eigenvalue weighted by Crippen LogP contribution is -2.35. The molecule has 0 radical (unpaired) electrons. The van der Waals surface area contributed by atoms with E-state index in [9.17, 15) is 9.59 Å². The number of hydrogen-bond acceptors (Lipinski definition) is 7. The molecule has 0 atom stereocenters. The molecule has 0 spiro atoms. The van der Waals surface area contributed by atoms with Gasteiger partial charge in [-0.1, -0.05) is 29.8 Å². The molecular weight excluding hydrogens is 523 g/mol. The largest absolute Gasteiger partial charge is 0.450 e. The molecule has 0 saturated heterocycles. The molecule has 0 fully saturated rings. The number of carbonyl (C=O) groups is 2. The minimum atomic E-state index is -0.292. The maximum Gasteiger partial charge on any atom is 0.410 e. The fourth-order valence-electron chi connectivity index (χ4n) is 4.31. The second kappa shape index (κ2) is 11.7. The average Bonchev–Trinajstić information content (AvgIpc) is 3.47. The van der Waals surface area contributed by atoms with E-state index in [4.69, 9.17) is 9.72 Å². The Labute approximate surface area is 229 Å². The van der Waals surface area contributed by atoms with Gasteiger partial charge in [0.25, 0.3) is 0 Å². The van der Waals surface area contributed by atoms with Crippen LogP contribution in [0.2, 0.25) is 0 Å². The number of hydrogen-bond donors (Lipinski definition) is 1. The van der Waals surface area contributed by atoms with Crippen LogP contribution >= 0.6 is 34.4 Å². The Morgan fingerprint density at radius 2 is 1.95 bits per heavy atom. The summed E-state index contributed by atoms with van der Waals surface area (Å²) in [4.78, 5) is 34.3. The molecule has 6 nitrogen and oxygen atoms in total. The molecule has 192 valence electrons. The summed E-state index contributed by atoms with van der Waals surface area (Å²) >= 11 is 4.97. The Kier molecular flexibility index (Phi) is 8.12. The van der Waals surface area contributed by atoms with Crippen LogP contribution in [0, 0.1) is 6.92 Å². The normalized spacial score (nSPS) is 13.0. The number of fused-ring (bicyclic) bond motifs is 2. The number of amides is 2. The highest BCUT2D eigenvalue weighted by molar-refractivity contribution is 7.99. The lowest BCUT2D eigenvalue weighted by atomic mass is 10.0. The van der Waals surface area contributed by atoms with Crippen LogP contribution in [0.4, 0.5) is 9.80 Å². The van der Waals surface area contributed by atoms with Gasteiger partial charge < -0.3 is 15.0 Å².